The Morgan fingerprint density at radius 3 is 2.55 bits per heavy atom. The van der Waals surface area contributed by atoms with Crippen molar-refractivity contribution in [1.82, 2.24) is 5.32 Å². The molecule has 4 heteroatoms. The monoisotopic (exact) mass is 395 g/mol. The molecule has 0 saturated heterocycles. The molecule has 3 rings (SSSR count). The van der Waals surface area contributed by atoms with Crippen LogP contribution in [-0.4, -0.2) is 18.6 Å². The molecule has 29 heavy (non-hydrogen) atoms. The van der Waals surface area contributed by atoms with E-state index in [0.717, 1.165) is 47.5 Å². The number of fused-ring (bicyclic) bond motifs is 1. The average Bonchev–Trinajstić information content (AvgIpc) is 2.72. The lowest BCUT2D eigenvalue weighted by molar-refractivity contribution is 0.0227. The minimum Gasteiger partial charge on any atom is -0.496 e. The van der Waals surface area contributed by atoms with Crippen molar-refractivity contribution in [3.63, 3.8) is 0 Å². The maximum Gasteiger partial charge on any atom is 0.252 e. The summed E-state index contributed by atoms with van der Waals surface area (Å²) in [6.45, 7) is 10.5. The Kier molecular flexibility index (Phi) is 6.21. The molecule has 1 heterocycles. The molecule has 2 aromatic carbocycles. The number of hydrogen-bond donors (Lipinski definition) is 1. The summed E-state index contributed by atoms with van der Waals surface area (Å²) in [6, 6.07) is 11.9. The minimum absolute atomic E-state index is 0.0464. The number of methoxy groups -OCH3 is 1. The molecular weight excluding hydrogens is 362 g/mol. The van der Waals surface area contributed by atoms with Crippen LogP contribution in [0.25, 0.3) is 0 Å². The van der Waals surface area contributed by atoms with Gasteiger partial charge in [0.25, 0.3) is 5.91 Å². The van der Waals surface area contributed by atoms with Crippen LogP contribution in [0.3, 0.4) is 0 Å². The summed E-state index contributed by atoms with van der Waals surface area (Å²) in [4.78, 5) is 13.3. The number of carbonyl (C=O) groups excluding carboxylic acids is 1. The van der Waals surface area contributed by atoms with Crippen LogP contribution in [0.4, 0.5) is 0 Å². The molecule has 0 saturated carbocycles. The number of hydrogen-bond acceptors (Lipinski definition) is 3. The molecule has 1 atom stereocenters. The highest BCUT2D eigenvalue weighted by molar-refractivity contribution is 5.96. The summed E-state index contributed by atoms with van der Waals surface area (Å²) in [7, 11) is 1.68. The lowest BCUT2D eigenvalue weighted by Gasteiger charge is -2.41. The smallest absolute Gasteiger partial charge is 0.252 e. The van der Waals surface area contributed by atoms with Crippen molar-refractivity contribution in [1.29, 1.82) is 0 Å². The Balaban J connectivity index is 1.95. The van der Waals surface area contributed by atoms with Crippen molar-refractivity contribution < 1.29 is 14.3 Å². The standard InChI is InChI=1S/C25H33NO3/c1-7-25(8-2)15-21(18-11-9-10-12-22(18)29-25)26-24(27)20-14-19(16(3)4)23(28-6)13-17(20)5/h9-14,16,21H,7-8,15H2,1-6H3,(H,26,27)/t21-/m0/s1. The number of carbonyl (C=O) groups is 1. The first-order valence-corrected chi connectivity index (χ1v) is 10.6. The first-order valence-electron chi connectivity index (χ1n) is 10.6. The predicted molar refractivity (Wildman–Crippen MR) is 117 cm³/mol. The van der Waals surface area contributed by atoms with Crippen LogP contribution < -0.4 is 14.8 Å². The van der Waals surface area contributed by atoms with E-state index in [1.807, 2.05) is 37.3 Å². The Morgan fingerprint density at radius 2 is 1.93 bits per heavy atom. The van der Waals surface area contributed by atoms with Gasteiger partial charge in [-0.05, 0) is 55.0 Å². The molecule has 1 aliphatic rings. The fourth-order valence-electron chi connectivity index (χ4n) is 4.24. The molecule has 156 valence electrons. The molecule has 2 aromatic rings. The quantitative estimate of drug-likeness (QED) is 0.658. The summed E-state index contributed by atoms with van der Waals surface area (Å²) < 4.78 is 11.9. The number of benzene rings is 2. The zero-order chi connectivity index (χ0) is 21.2. The third kappa shape index (κ3) is 4.12. The van der Waals surface area contributed by atoms with E-state index in [1.54, 1.807) is 7.11 Å². The van der Waals surface area contributed by atoms with Crippen LogP contribution in [-0.2, 0) is 0 Å². The Morgan fingerprint density at radius 1 is 1.24 bits per heavy atom. The Labute approximate surface area is 174 Å². The summed E-state index contributed by atoms with van der Waals surface area (Å²) >= 11 is 0. The zero-order valence-corrected chi connectivity index (χ0v) is 18.5. The highest BCUT2D eigenvalue weighted by Gasteiger charge is 2.39. The molecule has 0 aromatic heterocycles. The third-order valence-corrected chi connectivity index (χ3v) is 6.23. The second-order valence-electron chi connectivity index (χ2n) is 8.32. The van der Waals surface area contributed by atoms with Gasteiger partial charge in [0.05, 0.1) is 13.2 Å². The van der Waals surface area contributed by atoms with Gasteiger partial charge < -0.3 is 14.8 Å². The molecule has 0 unspecified atom stereocenters. The number of amides is 1. The molecule has 0 radical (unpaired) electrons. The highest BCUT2D eigenvalue weighted by atomic mass is 16.5. The molecular formula is C25H33NO3. The Bertz CT molecular complexity index is 884. The molecule has 0 bridgehead atoms. The van der Waals surface area contributed by atoms with E-state index in [2.05, 4.69) is 39.1 Å². The normalized spacial score (nSPS) is 17.4. The van der Waals surface area contributed by atoms with E-state index in [1.165, 1.54) is 0 Å². The van der Waals surface area contributed by atoms with Gasteiger partial charge in [-0.2, -0.15) is 0 Å². The fourth-order valence-corrected chi connectivity index (χ4v) is 4.24. The number of nitrogens with one attached hydrogen (secondary N) is 1. The number of aryl methyl sites for hydroxylation is 1. The largest absolute Gasteiger partial charge is 0.496 e. The van der Waals surface area contributed by atoms with E-state index in [4.69, 9.17) is 9.47 Å². The van der Waals surface area contributed by atoms with Gasteiger partial charge in [0.1, 0.15) is 17.1 Å². The maximum absolute atomic E-state index is 13.3. The van der Waals surface area contributed by atoms with E-state index < -0.39 is 0 Å². The van der Waals surface area contributed by atoms with Crippen molar-refractivity contribution >= 4 is 5.91 Å². The van der Waals surface area contributed by atoms with Crippen molar-refractivity contribution in [2.75, 3.05) is 7.11 Å². The Hall–Kier alpha value is -2.49. The zero-order valence-electron chi connectivity index (χ0n) is 18.5. The summed E-state index contributed by atoms with van der Waals surface area (Å²) in [5, 5.41) is 3.30. The van der Waals surface area contributed by atoms with Crippen molar-refractivity contribution in [3.8, 4) is 11.5 Å². The van der Waals surface area contributed by atoms with Crippen LogP contribution in [0.1, 0.15) is 86.0 Å². The minimum atomic E-state index is -0.246. The van der Waals surface area contributed by atoms with Gasteiger partial charge in [0.15, 0.2) is 0 Å². The van der Waals surface area contributed by atoms with Gasteiger partial charge in [-0.3, -0.25) is 4.79 Å². The second-order valence-corrected chi connectivity index (χ2v) is 8.32. The highest BCUT2D eigenvalue weighted by Crippen LogP contribution is 2.42. The SMILES string of the molecule is CCC1(CC)C[C@H](NC(=O)c2cc(C(C)C)c(OC)cc2C)c2ccccc2O1. The van der Waals surface area contributed by atoms with Gasteiger partial charge in [-0.25, -0.2) is 0 Å². The van der Waals surface area contributed by atoms with E-state index in [0.29, 0.717) is 5.56 Å². The van der Waals surface area contributed by atoms with Crippen molar-refractivity contribution in [3.05, 3.63) is 58.7 Å². The van der Waals surface area contributed by atoms with Gasteiger partial charge in [-0.15, -0.1) is 0 Å². The molecule has 1 amide bonds. The molecule has 4 nitrogen and oxygen atoms in total. The van der Waals surface area contributed by atoms with Gasteiger partial charge >= 0.3 is 0 Å². The summed E-state index contributed by atoms with van der Waals surface area (Å²) in [6.07, 6.45) is 2.58. The van der Waals surface area contributed by atoms with Crippen LogP contribution in [0.2, 0.25) is 0 Å². The first kappa shape index (κ1) is 21.2. The van der Waals surface area contributed by atoms with Crippen LogP contribution in [0.15, 0.2) is 36.4 Å². The van der Waals surface area contributed by atoms with Crippen molar-refractivity contribution in [2.24, 2.45) is 0 Å². The molecule has 0 spiro atoms. The molecule has 1 N–H and O–H groups in total. The third-order valence-electron chi connectivity index (χ3n) is 6.23. The average molecular weight is 396 g/mol. The predicted octanol–water partition coefficient (Wildman–Crippen LogP) is 5.94. The summed E-state index contributed by atoms with van der Waals surface area (Å²) in [5.74, 6) is 1.94. The first-order chi connectivity index (χ1) is 13.8. The van der Waals surface area contributed by atoms with Crippen LogP contribution >= 0.6 is 0 Å². The fraction of sp³-hybridized carbons (Fsp3) is 0.480. The molecule has 0 aliphatic carbocycles. The lowest BCUT2D eigenvalue weighted by Crippen LogP contribution is -2.44. The van der Waals surface area contributed by atoms with Crippen molar-refractivity contribution in [2.45, 2.75) is 71.4 Å². The van der Waals surface area contributed by atoms with Gasteiger partial charge in [0.2, 0.25) is 0 Å². The number of para-hydroxylation sites is 1. The van der Waals surface area contributed by atoms with Crippen LogP contribution in [0.5, 0.6) is 11.5 Å². The maximum atomic E-state index is 13.3. The van der Waals surface area contributed by atoms with Gasteiger partial charge in [-0.1, -0.05) is 45.9 Å². The van der Waals surface area contributed by atoms with E-state index in [-0.39, 0.29) is 23.5 Å². The number of ether oxygens (including phenoxy) is 2. The lowest BCUT2D eigenvalue weighted by atomic mass is 9.83. The van der Waals surface area contributed by atoms with E-state index in [9.17, 15) is 4.79 Å². The summed E-state index contributed by atoms with van der Waals surface area (Å²) in [5.41, 5.74) is 3.48. The molecule has 1 aliphatic heterocycles. The topological polar surface area (TPSA) is 47.6 Å². The molecule has 0 fully saturated rings. The van der Waals surface area contributed by atoms with E-state index >= 15 is 0 Å². The van der Waals surface area contributed by atoms with Gasteiger partial charge in [0, 0.05) is 17.5 Å². The number of rotatable bonds is 6. The second kappa shape index (κ2) is 8.48. The van der Waals surface area contributed by atoms with Crippen LogP contribution in [0, 0.1) is 6.92 Å².